The molecule has 1 aliphatic rings. The number of amides is 1. The summed E-state index contributed by atoms with van der Waals surface area (Å²) in [6.07, 6.45) is 0.356. The van der Waals surface area contributed by atoms with Crippen LogP contribution in [0.1, 0.15) is 20.9 Å². The second-order valence-electron chi connectivity index (χ2n) is 3.74. The number of hydrogen-bond donors (Lipinski definition) is 1. The normalized spacial score (nSPS) is 19.3. The maximum atomic E-state index is 12.0. The minimum Gasteiger partial charge on any atom is -0.478 e. The number of carbonyl (C=O) groups excluding carboxylic acids is 1. The van der Waals surface area contributed by atoms with Gasteiger partial charge in [0, 0.05) is 12.6 Å². The molecule has 1 aliphatic heterocycles. The van der Waals surface area contributed by atoms with E-state index >= 15 is 0 Å². The van der Waals surface area contributed by atoms with E-state index in [-0.39, 0.29) is 24.5 Å². The largest absolute Gasteiger partial charge is 0.478 e. The third-order valence-corrected chi connectivity index (χ3v) is 2.55. The summed E-state index contributed by atoms with van der Waals surface area (Å²) >= 11 is 0. The highest BCUT2D eigenvalue weighted by Gasteiger charge is 2.27. The topological polar surface area (TPSA) is 104 Å². The quantitative estimate of drug-likeness (QED) is 0.811. The van der Waals surface area contributed by atoms with Gasteiger partial charge in [-0.15, -0.1) is 0 Å². The van der Waals surface area contributed by atoms with E-state index in [0.29, 0.717) is 6.54 Å². The van der Waals surface area contributed by atoms with E-state index in [1.165, 1.54) is 11.0 Å². The van der Waals surface area contributed by atoms with Gasteiger partial charge in [-0.3, -0.25) is 4.79 Å². The lowest BCUT2D eigenvalue weighted by Gasteiger charge is -2.28. The van der Waals surface area contributed by atoms with Crippen LogP contribution in [0.4, 0.5) is 0 Å². The molecule has 2 rings (SSSR count). The van der Waals surface area contributed by atoms with Gasteiger partial charge in [0.1, 0.15) is 6.26 Å². The molecule has 2 heterocycles. The van der Waals surface area contributed by atoms with Gasteiger partial charge in [0.05, 0.1) is 24.8 Å². The van der Waals surface area contributed by atoms with Crippen LogP contribution in [-0.4, -0.2) is 47.7 Å². The number of rotatable bonds is 2. The number of carboxylic acids is 1. The number of aromatic carboxylic acids is 1. The highest BCUT2D eigenvalue weighted by Crippen LogP contribution is 2.13. The first kappa shape index (κ1) is 12.1. The Morgan fingerprint density at radius 2 is 2.33 bits per heavy atom. The average Bonchev–Trinajstić information content (AvgIpc) is 2.87. The van der Waals surface area contributed by atoms with E-state index in [1.807, 2.05) is 6.07 Å². The number of morpholine rings is 1. The van der Waals surface area contributed by atoms with Crippen LogP contribution in [0, 0.1) is 11.3 Å². The molecule has 94 valence electrons. The molecular weight excluding hydrogens is 240 g/mol. The number of nitrogens with zero attached hydrogens (tertiary/aromatic N) is 2. The molecule has 0 saturated carbocycles. The Morgan fingerprint density at radius 3 is 2.94 bits per heavy atom. The maximum Gasteiger partial charge on any atom is 0.338 e. The van der Waals surface area contributed by atoms with Gasteiger partial charge in [-0.05, 0) is 0 Å². The standard InChI is InChI=1S/C11H10N2O5/c12-4-8-5-13(1-2-17-8)10(14)9-3-7(6-18-9)11(15)16/h3,6,8H,1-2,5H2,(H,15,16). The number of carbonyl (C=O) groups is 2. The van der Waals surface area contributed by atoms with Crippen LogP contribution in [0.3, 0.4) is 0 Å². The van der Waals surface area contributed by atoms with Crippen LogP contribution in [0.5, 0.6) is 0 Å². The highest BCUT2D eigenvalue weighted by molar-refractivity contribution is 5.95. The Morgan fingerprint density at radius 1 is 1.56 bits per heavy atom. The number of ether oxygens (including phenoxy) is 1. The fourth-order valence-electron chi connectivity index (χ4n) is 1.63. The number of carboxylic acid groups (broad SMARTS) is 1. The van der Waals surface area contributed by atoms with Gasteiger partial charge in [-0.2, -0.15) is 5.26 Å². The molecule has 1 fully saturated rings. The average molecular weight is 250 g/mol. The summed E-state index contributed by atoms with van der Waals surface area (Å²) in [5.41, 5.74) is -0.0801. The summed E-state index contributed by atoms with van der Waals surface area (Å²) in [7, 11) is 0. The number of nitriles is 1. The molecular formula is C11H10N2O5. The summed E-state index contributed by atoms with van der Waals surface area (Å²) in [5.74, 6) is -1.65. The van der Waals surface area contributed by atoms with Gasteiger partial charge >= 0.3 is 5.97 Å². The zero-order valence-corrected chi connectivity index (χ0v) is 9.33. The van der Waals surface area contributed by atoms with Gasteiger partial charge in [0.15, 0.2) is 11.9 Å². The molecule has 7 heteroatoms. The van der Waals surface area contributed by atoms with Gasteiger partial charge in [0.25, 0.3) is 5.91 Å². The van der Waals surface area contributed by atoms with Crippen LogP contribution in [0.2, 0.25) is 0 Å². The molecule has 0 radical (unpaired) electrons. The zero-order chi connectivity index (χ0) is 13.1. The highest BCUT2D eigenvalue weighted by atomic mass is 16.5. The van der Waals surface area contributed by atoms with Crippen molar-refractivity contribution < 1.29 is 23.8 Å². The first-order valence-corrected chi connectivity index (χ1v) is 5.24. The van der Waals surface area contributed by atoms with Crippen molar-refractivity contribution in [3.63, 3.8) is 0 Å². The van der Waals surface area contributed by atoms with Crippen molar-refractivity contribution in [3.8, 4) is 6.07 Å². The Labute approximate surface area is 102 Å². The molecule has 1 saturated heterocycles. The second kappa shape index (κ2) is 4.89. The monoisotopic (exact) mass is 250 g/mol. The summed E-state index contributed by atoms with van der Waals surface area (Å²) < 4.78 is 10.0. The van der Waals surface area contributed by atoms with Crippen LogP contribution in [0.25, 0.3) is 0 Å². The van der Waals surface area contributed by atoms with E-state index in [1.54, 1.807) is 0 Å². The molecule has 0 aromatic carbocycles. The molecule has 0 spiro atoms. The molecule has 1 aromatic rings. The van der Waals surface area contributed by atoms with Crippen LogP contribution in [0.15, 0.2) is 16.7 Å². The maximum absolute atomic E-state index is 12.0. The fraction of sp³-hybridized carbons (Fsp3) is 0.364. The van der Waals surface area contributed by atoms with Crippen LogP contribution in [-0.2, 0) is 4.74 Å². The molecule has 1 amide bonds. The van der Waals surface area contributed by atoms with Gasteiger partial charge in [-0.1, -0.05) is 0 Å². The molecule has 1 aromatic heterocycles. The van der Waals surface area contributed by atoms with Crippen molar-refractivity contribution in [2.24, 2.45) is 0 Å². The van der Waals surface area contributed by atoms with E-state index in [4.69, 9.17) is 19.5 Å². The van der Waals surface area contributed by atoms with Gasteiger partial charge < -0.3 is 19.2 Å². The van der Waals surface area contributed by atoms with Crippen molar-refractivity contribution in [2.45, 2.75) is 6.10 Å². The summed E-state index contributed by atoms with van der Waals surface area (Å²) in [5, 5.41) is 17.4. The summed E-state index contributed by atoms with van der Waals surface area (Å²) in [6, 6.07) is 3.09. The molecule has 1 N–H and O–H groups in total. The minimum atomic E-state index is -1.16. The summed E-state index contributed by atoms with van der Waals surface area (Å²) in [6.45, 7) is 0.773. The third-order valence-electron chi connectivity index (χ3n) is 2.55. The molecule has 18 heavy (non-hydrogen) atoms. The molecule has 1 atom stereocenters. The molecule has 0 aliphatic carbocycles. The first-order chi connectivity index (χ1) is 8.61. The van der Waals surface area contributed by atoms with E-state index < -0.39 is 18.0 Å². The predicted molar refractivity (Wildman–Crippen MR) is 56.9 cm³/mol. The van der Waals surface area contributed by atoms with E-state index in [2.05, 4.69) is 0 Å². The Kier molecular flexibility index (Phi) is 3.30. The van der Waals surface area contributed by atoms with Gasteiger partial charge in [0.2, 0.25) is 0 Å². The lowest BCUT2D eigenvalue weighted by Crippen LogP contribution is -2.45. The smallest absolute Gasteiger partial charge is 0.338 e. The van der Waals surface area contributed by atoms with Gasteiger partial charge in [-0.25, -0.2) is 4.79 Å². The van der Waals surface area contributed by atoms with Crippen LogP contribution < -0.4 is 0 Å². The summed E-state index contributed by atoms with van der Waals surface area (Å²) in [4.78, 5) is 24.0. The SMILES string of the molecule is N#CC1CN(C(=O)c2cc(C(=O)O)co2)CCO1. The fourth-order valence-corrected chi connectivity index (χ4v) is 1.63. The Balaban J connectivity index is 2.10. The number of furan rings is 1. The van der Waals surface area contributed by atoms with Crippen LogP contribution >= 0.6 is 0 Å². The van der Waals surface area contributed by atoms with Crippen molar-refractivity contribution in [2.75, 3.05) is 19.7 Å². The molecule has 0 bridgehead atoms. The number of hydrogen-bond acceptors (Lipinski definition) is 5. The zero-order valence-electron chi connectivity index (χ0n) is 9.33. The predicted octanol–water partition coefficient (Wildman–Crippen LogP) is 0.342. The lowest BCUT2D eigenvalue weighted by atomic mass is 10.2. The van der Waals surface area contributed by atoms with Crippen molar-refractivity contribution >= 4 is 11.9 Å². The van der Waals surface area contributed by atoms with Crippen molar-refractivity contribution in [1.29, 1.82) is 5.26 Å². The second-order valence-corrected chi connectivity index (χ2v) is 3.74. The van der Waals surface area contributed by atoms with E-state index in [0.717, 1.165) is 6.26 Å². The first-order valence-electron chi connectivity index (χ1n) is 5.24. The lowest BCUT2D eigenvalue weighted by molar-refractivity contribution is 0.00212. The van der Waals surface area contributed by atoms with E-state index in [9.17, 15) is 9.59 Å². The molecule has 1 unspecified atom stereocenters. The van der Waals surface area contributed by atoms with Crippen molar-refractivity contribution in [3.05, 3.63) is 23.7 Å². The molecule has 7 nitrogen and oxygen atoms in total. The van der Waals surface area contributed by atoms with Crippen molar-refractivity contribution in [1.82, 2.24) is 4.90 Å². The Bertz CT molecular complexity index is 516. The minimum absolute atomic E-state index is 0.0500. The Hall–Kier alpha value is -2.33. The third kappa shape index (κ3) is 2.33.